The predicted octanol–water partition coefficient (Wildman–Crippen LogP) is 1.44. The minimum atomic E-state index is 0.0515. The monoisotopic (exact) mass is 270 g/mol. The molecule has 0 spiro atoms. The third kappa shape index (κ3) is 2.54. The number of hydrogen-bond acceptors (Lipinski definition) is 3. The van der Waals surface area contributed by atoms with E-state index in [0.717, 1.165) is 24.9 Å². The highest BCUT2D eigenvalue weighted by molar-refractivity contribution is 5.94. The van der Waals surface area contributed by atoms with Gasteiger partial charge in [0.1, 0.15) is 0 Å². The molecule has 1 amide bonds. The van der Waals surface area contributed by atoms with E-state index in [4.69, 9.17) is 5.11 Å². The third-order valence-electron chi connectivity index (χ3n) is 4.12. The fourth-order valence-electron chi connectivity index (χ4n) is 3.18. The van der Waals surface area contributed by atoms with Crippen molar-refractivity contribution >= 4 is 5.91 Å². The summed E-state index contributed by atoms with van der Waals surface area (Å²) in [7, 11) is 0. The Morgan fingerprint density at radius 2 is 2.35 bits per heavy atom. The first-order valence-electron chi connectivity index (χ1n) is 7.13. The van der Waals surface area contributed by atoms with E-state index < -0.39 is 0 Å². The lowest BCUT2D eigenvalue weighted by molar-refractivity contribution is 0.0703. The van der Waals surface area contributed by atoms with Gasteiger partial charge in [-0.15, -0.1) is 0 Å². The molecule has 2 unspecified atom stereocenters. The molecular formula is C16H18N2O2. The zero-order valence-electron chi connectivity index (χ0n) is 11.4. The van der Waals surface area contributed by atoms with Crippen molar-refractivity contribution in [2.24, 2.45) is 5.92 Å². The normalized spacial score (nSPS) is 23.6. The molecule has 2 bridgehead atoms. The van der Waals surface area contributed by atoms with Crippen LogP contribution in [0.1, 0.15) is 41.6 Å². The molecular weight excluding hydrogens is 252 g/mol. The van der Waals surface area contributed by atoms with E-state index in [2.05, 4.69) is 16.8 Å². The van der Waals surface area contributed by atoms with Gasteiger partial charge in [-0.1, -0.05) is 11.8 Å². The molecule has 1 saturated heterocycles. The second kappa shape index (κ2) is 5.64. The van der Waals surface area contributed by atoms with Crippen LogP contribution in [0.4, 0.5) is 0 Å². The van der Waals surface area contributed by atoms with Crippen molar-refractivity contribution in [3.63, 3.8) is 0 Å². The van der Waals surface area contributed by atoms with Crippen LogP contribution in [0, 0.1) is 17.8 Å². The number of pyridine rings is 1. The summed E-state index contributed by atoms with van der Waals surface area (Å²) in [6, 6.07) is 2.22. The largest absolute Gasteiger partial charge is 0.395 e. The quantitative estimate of drug-likeness (QED) is 0.827. The van der Waals surface area contributed by atoms with E-state index in [1.807, 2.05) is 4.90 Å². The van der Waals surface area contributed by atoms with Gasteiger partial charge in [-0.25, -0.2) is 0 Å². The number of aromatic nitrogens is 1. The van der Waals surface area contributed by atoms with Crippen LogP contribution < -0.4 is 0 Å². The van der Waals surface area contributed by atoms with E-state index in [1.54, 1.807) is 18.5 Å². The molecule has 3 rings (SSSR count). The lowest BCUT2D eigenvalue weighted by atomic mass is 10.1. The molecule has 4 heteroatoms. The highest BCUT2D eigenvalue weighted by Gasteiger charge is 2.40. The third-order valence-corrected chi connectivity index (χ3v) is 4.12. The summed E-state index contributed by atoms with van der Waals surface area (Å²) >= 11 is 0. The van der Waals surface area contributed by atoms with Crippen LogP contribution in [0.5, 0.6) is 0 Å². The maximum absolute atomic E-state index is 12.5. The molecule has 0 aromatic carbocycles. The standard InChI is InChI=1S/C16H18N2O2/c19-6-2-1-3-12-7-14(10-17-9-12)16(20)18-11-13-4-5-15(18)8-13/h7,9-10,13,15,19H,2,4-6,8,11H2. The molecule has 20 heavy (non-hydrogen) atoms. The van der Waals surface area contributed by atoms with E-state index in [9.17, 15) is 4.79 Å². The maximum atomic E-state index is 12.5. The van der Waals surface area contributed by atoms with Crippen LogP contribution in [-0.4, -0.2) is 40.1 Å². The molecule has 2 fully saturated rings. The molecule has 4 nitrogen and oxygen atoms in total. The molecule has 1 aromatic heterocycles. The number of fused-ring (bicyclic) bond motifs is 2. The number of aliphatic hydroxyl groups excluding tert-OH is 1. The highest BCUT2D eigenvalue weighted by atomic mass is 16.2. The number of rotatable bonds is 2. The Hall–Kier alpha value is -1.86. The molecule has 2 heterocycles. The van der Waals surface area contributed by atoms with Crippen molar-refractivity contribution < 1.29 is 9.90 Å². The zero-order valence-corrected chi connectivity index (χ0v) is 11.4. The Labute approximate surface area is 118 Å². The zero-order chi connectivity index (χ0) is 13.9. The van der Waals surface area contributed by atoms with Crippen molar-refractivity contribution in [3.05, 3.63) is 29.6 Å². The Balaban J connectivity index is 1.75. The number of piperidine rings is 1. The SMILES string of the molecule is O=C(c1cncc(C#CCCO)c1)N1CC2CCC1C2. The van der Waals surface area contributed by atoms with Crippen LogP contribution in [0.3, 0.4) is 0 Å². The number of nitrogens with zero attached hydrogens (tertiary/aromatic N) is 2. The number of likely N-dealkylation sites (tertiary alicyclic amines) is 1. The first-order valence-corrected chi connectivity index (χ1v) is 7.13. The molecule has 2 aliphatic rings. The number of hydrogen-bond donors (Lipinski definition) is 1. The second-order valence-electron chi connectivity index (χ2n) is 5.53. The average molecular weight is 270 g/mol. The van der Waals surface area contributed by atoms with Gasteiger partial charge in [0, 0.05) is 37.0 Å². The van der Waals surface area contributed by atoms with Crippen molar-refractivity contribution in [2.75, 3.05) is 13.2 Å². The molecule has 1 aliphatic carbocycles. The number of aliphatic hydroxyl groups is 1. The molecule has 0 radical (unpaired) electrons. The molecule has 104 valence electrons. The van der Waals surface area contributed by atoms with Gasteiger partial charge >= 0.3 is 0 Å². The summed E-state index contributed by atoms with van der Waals surface area (Å²) in [5, 5.41) is 8.71. The number of carbonyl (C=O) groups is 1. The Kier molecular flexibility index (Phi) is 3.70. The van der Waals surface area contributed by atoms with Crippen molar-refractivity contribution in [1.29, 1.82) is 0 Å². The lowest BCUT2D eigenvalue weighted by Gasteiger charge is -2.26. The van der Waals surface area contributed by atoms with E-state index in [1.165, 1.54) is 6.42 Å². The Bertz CT molecular complexity index is 573. The summed E-state index contributed by atoms with van der Waals surface area (Å²) in [6.45, 7) is 0.944. The lowest BCUT2D eigenvalue weighted by Crippen LogP contribution is -2.37. The summed E-state index contributed by atoms with van der Waals surface area (Å²) in [6.07, 6.45) is 7.27. The van der Waals surface area contributed by atoms with E-state index >= 15 is 0 Å². The van der Waals surface area contributed by atoms with Crippen molar-refractivity contribution in [1.82, 2.24) is 9.88 Å². The Morgan fingerprint density at radius 3 is 3.05 bits per heavy atom. The van der Waals surface area contributed by atoms with Gasteiger partial charge in [0.15, 0.2) is 0 Å². The molecule has 1 N–H and O–H groups in total. The van der Waals surface area contributed by atoms with Crippen LogP contribution >= 0.6 is 0 Å². The second-order valence-corrected chi connectivity index (χ2v) is 5.53. The van der Waals surface area contributed by atoms with Gasteiger partial charge in [-0.3, -0.25) is 9.78 Å². The van der Waals surface area contributed by atoms with Gasteiger partial charge in [0.2, 0.25) is 0 Å². The smallest absolute Gasteiger partial charge is 0.255 e. The summed E-state index contributed by atoms with van der Waals surface area (Å²) in [5.41, 5.74) is 1.35. The van der Waals surface area contributed by atoms with Gasteiger partial charge in [-0.2, -0.15) is 0 Å². The van der Waals surface area contributed by atoms with Crippen LogP contribution in [0.25, 0.3) is 0 Å². The summed E-state index contributed by atoms with van der Waals surface area (Å²) in [4.78, 5) is 18.6. The topological polar surface area (TPSA) is 53.4 Å². The first-order chi connectivity index (χ1) is 9.78. The van der Waals surface area contributed by atoms with Crippen LogP contribution in [0.15, 0.2) is 18.5 Å². The minimum Gasteiger partial charge on any atom is -0.395 e. The molecule has 2 atom stereocenters. The number of carbonyl (C=O) groups excluding carboxylic acids is 1. The maximum Gasteiger partial charge on any atom is 0.255 e. The van der Waals surface area contributed by atoms with Crippen LogP contribution in [-0.2, 0) is 0 Å². The molecule has 1 aliphatic heterocycles. The Morgan fingerprint density at radius 1 is 1.45 bits per heavy atom. The van der Waals surface area contributed by atoms with Gasteiger partial charge in [0.05, 0.1) is 12.2 Å². The highest BCUT2D eigenvalue weighted by Crippen LogP contribution is 2.37. The van der Waals surface area contributed by atoms with E-state index in [0.29, 0.717) is 23.9 Å². The van der Waals surface area contributed by atoms with Crippen molar-refractivity contribution in [3.8, 4) is 11.8 Å². The van der Waals surface area contributed by atoms with Crippen LogP contribution in [0.2, 0.25) is 0 Å². The fraction of sp³-hybridized carbons (Fsp3) is 0.500. The molecule has 1 saturated carbocycles. The summed E-state index contributed by atoms with van der Waals surface area (Å²) < 4.78 is 0. The number of amides is 1. The van der Waals surface area contributed by atoms with Gasteiger partial charge in [0.25, 0.3) is 5.91 Å². The van der Waals surface area contributed by atoms with Gasteiger partial charge < -0.3 is 10.0 Å². The fourth-order valence-corrected chi connectivity index (χ4v) is 3.18. The average Bonchev–Trinajstić information content (AvgIpc) is 3.10. The first kappa shape index (κ1) is 13.1. The summed E-state index contributed by atoms with van der Waals surface area (Å²) in [5.74, 6) is 6.55. The van der Waals surface area contributed by atoms with E-state index in [-0.39, 0.29) is 12.5 Å². The molecule has 1 aromatic rings. The van der Waals surface area contributed by atoms with Crippen molar-refractivity contribution in [2.45, 2.75) is 31.7 Å². The van der Waals surface area contributed by atoms with Gasteiger partial charge in [-0.05, 0) is 31.2 Å². The minimum absolute atomic E-state index is 0.0515. The predicted molar refractivity (Wildman–Crippen MR) is 75.0 cm³/mol.